The van der Waals surface area contributed by atoms with Crippen LogP contribution in [-0.2, 0) is 0 Å². The van der Waals surface area contributed by atoms with Crippen molar-refractivity contribution in [3.05, 3.63) is 29.3 Å². The molecule has 1 heterocycles. The van der Waals surface area contributed by atoms with E-state index in [0.717, 1.165) is 25.4 Å². The summed E-state index contributed by atoms with van der Waals surface area (Å²) in [5.74, 6) is 1.70. The molecule has 0 aromatic heterocycles. The van der Waals surface area contributed by atoms with Crippen molar-refractivity contribution in [2.75, 3.05) is 19.7 Å². The van der Waals surface area contributed by atoms with Crippen LogP contribution in [0.2, 0.25) is 0 Å². The van der Waals surface area contributed by atoms with E-state index < -0.39 is 0 Å². The monoisotopic (exact) mass is 241 g/mol. The highest BCUT2D eigenvalue weighted by atomic mass is 35.5. The fourth-order valence-electron chi connectivity index (χ4n) is 2.09. The molecule has 1 N–H and O–H groups in total. The molecule has 1 saturated heterocycles. The first-order chi connectivity index (χ1) is 7.24. The maximum absolute atomic E-state index is 5.81. The second kappa shape index (κ2) is 6.12. The van der Waals surface area contributed by atoms with E-state index in [9.17, 15) is 0 Å². The number of benzene rings is 1. The lowest BCUT2D eigenvalue weighted by atomic mass is 10.1. The summed E-state index contributed by atoms with van der Waals surface area (Å²) in [6, 6.07) is 6.38. The summed E-state index contributed by atoms with van der Waals surface area (Å²) in [6.07, 6.45) is 1.24. The number of nitrogens with one attached hydrogen (secondary N) is 1. The van der Waals surface area contributed by atoms with Gasteiger partial charge in [-0.05, 0) is 50.1 Å². The number of hydrogen-bond acceptors (Lipinski definition) is 2. The minimum absolute atomic E-state index is 0. The lowest BCUT2D eigenvalue weighted by molar-refractivity contribution is 0.260. The molecule has 1 atom stereocenters. The van der Waals surface area contributed by atoms with Crippen molar-refractivity contribution in [3.8, 4) is 5.75 Å². The van der Waals surface area contributed by atoms with Gasteiger partial charge in [0.15, 0.2) is 0 Å². The van der Waals surface area contributed by atoms with Crippen LogP contribution in [0.25, 0.3) is 0 Å². The molecule has 1 aliphatic rings. The van der Waals surface area contributed by atoms with Gasteiger partial charge in [0.2, 0.25) is 0 Å². The molecular formula is C13H20ClNO. The van der Waals surface area contributed by atoms with Gasteiger partial charge in [-0.15, -0.1) is 12.4 Å². The van der Waals surface area contributed by atoms with E-state index in [4.69, 9.17) is 4.74 Å². The van der Waals surface area contributed by atoms with E-state index >= 15 is 0 Å². The van der Waals surface area contributed by atoms with Crippen molar-refractivity contribution in [1.29, 1.82) is 0 Å². The quantitative estimate of drug-likeness (QED) is 0.879. The zero-order valence-corrected chi connectivity index (χ0v) is 10.8. The number of ether oxygens (including phenoxy) is 1. The summed E-state index contributed by atoms with van der Waals surface area (Å²) in [5, 5.41) is 3.35. The molecular weight excluding hydrogens is 222 g/mol. The highest BCUT2D eigenvalue weighted by Gasteiger charge is 2.14. The lowest BCUT2D eigenvalue weighted by Gasteiger charge is -2.11. The van der Waals surface area contributed by atoms with Gasteiger partial charge in [0, 0.05) is 12.5 Å². The summed E-state index contributed by atoms with van der Waals surface area (Å²) in [7, 11) is 0. The number of halogens is 1. The second-order valence-electron chi connectivity index (χ2n) is 4.49. The maximum Gasteiger partial charge on any atom is 0.119 e. The maximum atomic E-state index is 5.81. The summed E-state index contributed by atoms with van der Waals surface area (Å²) in [5.41, 5.74) is 2.55. The molecule has 1 aromatic rings. The average Bonchev–Trinajstić information content (AvgIpc) is 2.65. The molecule has 0 spiro atoms. The van der Waals surface area contributed by atoms with Crippen molar-refractivity contribution >= 4 is 12.4 Å². The van der Waals surface area contributed by atoms with Gasteiger partial charge < -0.3 is 10.1 Å². The predicted octanol–water partition coefficient (Wildman–Crippen LogP) is 2.71. The first kappa shape index (κ1) is 13.3. The Kier molecular flexibility index (Phi) is 5.10. The normalized spacial score (nSPS) is 19.2. The minimum Gasteiger partial charge on any atom is -0.493 e. The van der Waals surface area contributed by atoms with Crippen LogP contribution in [-0.4, -0.2) is 19.7 Å². The third kappa shape index (κ3) is 3.69. The molecule has 0 saturated carbocycles. The molecule has 1 fully saturated rings. The van der Waals surface area contributed by atoms with Crippen LogP contribution in [0, 0.1) is 19.8 Å². The van der Waals surface area contributed by atoms with Gasteiger partial charge in [0.25, 0.3) is 0 Å². The predicted molar refractivity (Wildman–Crippen MR) is 69.6 cm³/mol. The Morgan fingerprint density at radius 3 is 2.50 bits per heavy atom. The summed E-state index contributed by atoms with van der Waals surface area (Å²) >= 11 is 0. The average molecular weight is 242 g/mol. The molecule has 1 aromatic carbocycles. The van der Waals surface area contributed by atoms with Crippen LogP contribution in [0.5, 0.6) is 5.75 Å². The zero-order valence-electron chi connectivity index (χ0n) is 9.95. The minimum atomic E-state index is 0. The van der Waals surface area contributed by atoms with Crippen molar-refractivity contribution in [2.24, 2.45) is 5.92 Å². The van der Waals surface area contributed by atoms with E-state index in [2.05, 4.69) is 37.4 Å². The summed E-state index contributed by atoms with van der Waals surface area (Å²) in [6.45, 7) is 7.30. The molecule has 16 heavy (non-hydrogen) atoms. The van der Waals surface area contributed by atoms with Crippen molar-refractivity contribution in [1.82, 2.24) is 5.32 Å². The van der Waals surface area contributed by atoms with E-state index in [0.29, 0.717) is 5.92 Å². The van der Waals surface area contributed by atoms with Gasteiger partial charge in [0.05, 0.1) is 6.61 Å². The van der Waals surface area contributed by atoms with Crippen LogP contribution in [0.15, 0.2) is 18.2 Å². The summed E-state index contributed by atoms with van der Waals surface area (Å²) in [4.78, 5) is 0. The molecule has 3 heteroatoms. The standard InChI is InChI=1S/C13H19NO.ClH/c1-10-5-11(2)7-13(6-10)15-9-12-3-4-14-8-12;/h5-7,12,14H,3-4,8-9H2,1-2H3;1H. The molecule has 0 aliphatic carbocycles. The second-order valence-corrected chi connectivity index (χ2v) is 4.49. The highest BCUT2D eigenvalue weighted by molar-refractivity contribution is 5.85. The lowest BCUT2D eigenvalue weighted by Crippen LogP contribution is -2.15. The Morgan fingerprint density at radius 1 is 1.25 bits per heavy atom. The van der Waals surface area contributed by atoms with Gasteiger partial charge in [-0.1, -0.05) is 6.07 Å². The highest BCUT2D eigenvalue weighted by Crippen LogP contribution is 2.18. The molecule has 2 rings (SSSR count). The number of aryl methyl sites for hydroxylation is 2. The fraction of sp³-hybridized carbons (Fsp3) is 0.538. The van der Waals surface area contributed by atoms with Crippen molar-refractivity contribution < 1.29 is 4.74 Å². The number of hydrogen-bond donors (Lipinski definition) is 1. The van der Waals surface area contributed by atoms with E-state index in [1.165, 1.54) is 17.5 Å². The van der Waals surface area contributed by atoms with Crippen LogP contribution in [0.1, 0.15) is 17.5 Å². The Labute approximate surface area is 104 Å². The topological polar surface area (TPSA) is 21.3 Å². The Bertz CT molecular complexity index is 314. The fourth-order valence-corrected chi connectivity index (χ4v) is 2.09. The third-order valence-corrected chi connectivity index (χ3v) is 2.84. The summed E-state index contributed by atoms with van der Waals surface area (Å²) < 4.78 is 5.81. The Balaban J connectivity index is 0.00000128. The van der Waals surface area contributed by atoms with Gasteiger partial charge >= 0.3 is 0 Å². The first-order valence-electron chi connectivity index (χ1n) is 5.66. The van der Waals surface area contributed by atoms with Crippen molar-refractivity contribution in [2.45, 2.75) is 20.3 Å². The smallest absolute Gasteiger partial charge is 0.119 e. The molecule has 0 radical (unpaired) electrons. The molecule has 2 nitrogen and oxygen atoms in total. The van der Waals surface area contributed by atoms with E-state index in [-0.39, 0.29) is 12.4 Å². The van der Waals surface area contributed by atoms with Gasteiger partial charge in [-0.25, -0.2) is 0 Å². The first-order valence-corrected chi connectivity index (χ1v) is 5.66. The molecule has 0 amide bonds. The van der Waals surface area contributed by atoms with Gasteiger partial charge in [-0.2, -0.15) is 0 Å². The molecule has 1 aliphatic heterocycles. The third-order valence-electron chi connectivity index (χ3n) is 2.84. The Hall–Kier alpha value is -0.730. The molecule has 1 unspecified atom stereocenters. The van der Waals surface area contributed by atoms with Gasteiger partial charge in [-0.3, -0.25) is 0 Å². The van der Waals surface area contributed by atoms with Crippen LogP contribution in [0.4, 0.5) is 0 Å². The zero-order chi connectivity index (χ0) is 10.7. The largest absolute Gasteiger partial charge is 0.493 e. The molecule has 90 valence electrons. The van der Waals surface area contributed by atoms with E-state index in [1.54, 1.807) is 0 Å². The molecule has 0 bridgehead atoms. The number of rotatable bonds is 3. The van der Waals surface area contributed by atoms with Crippen molar-refractivity contribution in [3.63, 3.8) is 0 Å². The Morgan fingerprint density at radius 2 is 1.94 bits per heavy atom. The SMILES string of the molecule is Cc1cc(C)cc(OCC2CCNC2)c1.Cl. The van der Waals surface area contributed by atoms with E-state index in [1.807, 2.05) is 0 Å². The van der Waals surface area contributed by atoms with Gasteiger partial charge in [0.1, 0.15) is 5.75 Å². The van der Waals surface area contributed by atoms with Crippen LogP contribution < -0.4 is 10.1 Å². The van der Waals surface area contributed by atoms with Crippen LogP contribution in [0.3, 0.4) is 0 Å². The van der Waals surface area contributed by atoms with Crippen LogP contribution >= 0.6 is 12.4 Å².